The molecule has 0 saturated carbocycles. The van der Waals surface area contributed by atoms with Gasteiger partial charge in [-0.15, -0.1) is 0 Å². The Bertz CT molecular complexity index is 680. The maximum absolute atomic E-state index is 13.6. The van der Waals surface area contributed by atoms with E-state index in [2.05, 4.69) is 15.5 Å². The minimum absolute atomic E-state index is 0.00803. The van der Waals surface area contributed by atoms with Gasteiger partial charge in [-0.2, -0.15) is 4.98 Å². The van der Waals surface area contributed by atoms with Gasteiger partial charge in [0.05, 0.1) is 5.56 Å². The summed E-state index contributed by atoms with van der Waals surface area (Å²) in [6.45, 7) is 5.13. The Morgan fingerprint density at radius 2 is 2.09 bits per heavy atom. The summed E-state index contributed by atoms with van der Waals surface area (Å²) in [6, 6.07) is 3.03. The van der Waals surface area contributed by atoms with Crippen LogP contribution in [0.1, 0.15) is 26.7 Å². The van der Waals surface area contributed by atoms with Crippen LogP contribution in [-0.2, 0) is 11.3 Å². The van der Waals surface area contributed by atoms with Crippen molar-refractivity contribution in [3.8, 4) is 11.4 Å². The van der Waals surface area contributed by atoms with E-state index >= 15 is 0 Å². The van der Waals surface area contributed by atoms with E-state index in [0.717, 1.165) is 12.1 Å². The Morgan fingerprint density at radius 3 is 2.73 bits per heavy atom. The van der Waals surface area contributed by atoms with E-state index in [1.807, 2.05) is 0 Å². The lowest BCUT2D eigenvalue weighted by atomic mass is 10.2. The van der Waals surface area contributed by atoms with Crippen molar-refractivity contribution in [3.63, 3.8) is 0 Å². The Balaban J connectivity index is 2.01. The molecule has 1 heterocycles. The highest BCUT2D eigenvalue weighted by Crippen LogP contribution is 2.20. The molecule has 6 nitrogen and oxygen atoms in total. The van der Waals surface area contributed by atoms with Gasteiger partial charge in [0.1, 0.15) is 23.8 Å². The molecular formula is C14H15F2N3O3. The van der Waals surface area contributed by atoms with Crippen LogP contribution in [0.25, 0.3) is 11.4 Å². The SMILES string of the molecule is CC(C)(C)OC(=O)NCc1nc(-c2ccc(F)cc2F)no1. The number of carbonyl (C=O) groups excluding carboxylic acids is 1. The highest BCUT2D eigenvalue weighted by molar-refractivity contribution is 5.67. The molecule has 2 rings (SSSR count). The molecular weight excluding hydrogens is 296 g/mol. The molecule has 8 heteroatoms. The summed E-state index contributed by atoms with van der Waals surface area (Å²) in [4.78, 5) is 15.4. The van der Waals surface area contributed by atoms with E-state index in [1.54, 1.807) is 20.8 Å². The van der Waals surface area contributed by atoms with Crippen molar-refractivity contribution in [1.29, 1.82) is 0 Å². The second kappa shape index (κ2) is 6.08. The van der Waals surface area contributed by atoms with Crippen LogP contribution in [0.3, 0.4) is 0 Å². The van der Waals surface area contributed by atoms with Crippen molar-refractivity contribution >= 4 is 6.09 Å². The number of nitrogens with one attached hydrogen (secondary N) is 1. The molecule has 1 aromatic heterocycles. The van der Waals surface area contributed by atoms with Crippen molar-refractivity contribution in [3.05, 3.63) is 35.7 Å². The fourth-order valence-electron chi connectivity index (χ4n) is 1.57. The average molecular weight is 311 g/mol. The van der Waals surface area contributed by atoms with Crippen molar-refractivity contribution in [1.82, 2.24) is 15.5 Å². The highest BCUT2D eigenvalue weighted by atomic mass is 19.1. The van der Waals surface area contributed by atoms with Gasteiger partial charge in [-0.3, -0.25) is 0 Å². The molecule has 118 valence electrons. The van der Waals surface area contributed by atoms with Crippen LogP contribution < -0.4 is 5.32 Å². The second-order valence-corrected chi connectivity index (χ2v) is 5.49. The van der Waals surface area contributed by atoms with Gasteiger partial charge in [0.2, 0.25) is 11.7 Å². The van der Waals surface area contributed by atoms with Crippen LogP contribution in [0.4, 0.5) is 13.6 Å². The molecule has 0 saturated heterocycles. The third kappa shape index (κ3) is 4.24. The van der Waals surface area contributed by atoms with Crippen LogP contribution in [0, 0.1) is 11.6 Å². The minimum atomic E-state index is -0.799. The summed E-state index contributed by atoms with van der Waals surface area (Å²) in [5, 5.41) is 6.02. The fraction of sp³-hybridized carbons (Fsp3) is 0.357. The Labute approximate surface area is 125 Å². The molecule has 0 bridgehead atoms. The second-order valence-electron chi connectivity index (χ2n) is 5.49. The van der Waals surface area contributed by atoms with Gasteiger partial charge < -0.3 is 14.6 Å². The monoisotopic (exact) mass is 311 g/mol. The molecule has 2 aromatic rings. The third-order valence-corrected chi connectivity index (χ3v) is 2.42. The highest BCUT2D eigenvalue weighted by Gasteiger charge is 2.17. The first-order valence-corrected chi connectivity index (χ1v) is 6.49. The molecule has 1 aromatic carbocycles. The van der Waals surface area contributed by atoms with Gasteiger partial charge in [0, 0.05) is 6.07 Å². The smallest absolute Gasteiger partial charge is 0.408 e. The van der Waals surface area contributed by atoms with Crippen LogP contribution in [0.5, 0.6) is 0 Å². The number of hydrogen-bond acceptors (Lipinski definition) is 5. The zero-order valence-corrected chi connectivity index (χ0v) is 12.3. The first-order valence-electron chi connectivity index (χ1n) is 6.49. The number of aromatic nitrogens is 2. The summed E-state index contributed by atoms with van der Waals surface area (Å²) in [5.74, 6) is -1.45. The summed E-state index contributed by atoms with van der Waals surface area (Å²) in [7, 11) is 0. The first-order chi connectivity index (χ1) is 10.2. The van der Waals surface area contributed by atoms with Crippen molar-refractivity contribution in [2.75, 3.05) is 0 Å². The molecule has 1 amide bonds. The average Bonchev–Trinajstić information content (AvgIpc) is 2.83. The summed E-state index contributed by atoms with van der Waals surface area (Å²) >= 11 is 0. The van der Waals surface area contributed by atoms with Crippen molar-refractivity contribution in [2.24, 2.45) is 0 Å². The molecule has 22 heavy (non-hydrogen) atoms. The Kier molecular flexibility index (Phi) is 4.39. The number of nitrogens with zero attached hydrogens (tertiary/aromatic N) is 2. The molecule has 0 spiro atoms. The summed E-state index contributed by atoms with van der Waals surface area (Å²) in [5.41, 5.74) is -0.616. The molecule has 0 aliphatic heterocycles. The fourth-order valence-corrected chi connectivity index (χ4v) is 1.57. The van der Waals surface area contributed by atoms with Gasteiger partial charge in [0.15, 0.2) is 0 Å². The zero-order valence-electron chi connectivity index (χ0n) is 12.3. The first kappa shape index (κ1) is 15.9. The quantitative estimate of drug-likeness (QED) is 0.942. The lowest BCUT2D eigenvalue weighted by Crippen LogP contribution is -2.32. The molecule has 0 unspecified atom stereocenters. The number of carbonyl (C=O) groups is 1. The number of halogens is 2. The predicted octanol–water partition coefficient (Wildman–Crippen LogP) is 3.04. The summed E-state index contributed by atoms with van der Waals surface area (Å²) in [6.07, 6.45) is -0.639. The number of benzene rings is 1. The lowest BCUT2D eigenvalue weighted by molar-refractivity contribution is 0.0518. The Hall–Kier alpha value is -2.51. The lowest BCUT2D eigenvalue weighted by Gasteiger charge is -2.19. The molecule has 0 aliphatic rings. The zero-order chi connectivity index (χ0) is 16.3. The molecule has 1 N–H and O–H groups in total. The van der Waals surface area contributed by atoms with E-state index in [4.69, 9.17) is 9.26 Å². The van der Waals surface area contributed by atoms with Gasteiger partial charge in [0.25, 0.3) is 0 Å². The van der Waals surface area contributed by atoms with Gasteiger partial charge in [-0.25, -0.2) is 13.6 Å². The van der Waals surface area contributed by atoms with Gasteiger partial charge in [-0.05, 0) is 32.9 Å². The van der Waals surface area contributed by atoms with Gasteiger partial charge >= 0.3 is 6.09 Å². The van der Waals surface area contributed by atoms with Crippen LogP contribution in [0.15, 0.2) is 22.7 Å². The topological polar surface area (TPSA) is 77.2 Å². The van der Waals surface area contributed by atoms with Crippen LogP contribution >= 0.6 is 0 Å². The number of amides is 1. The normalized spacial score (nSPS) is 11.3. The minimum Gasteiger partial charge on any atom is -0.444 e. The standard InChI is InChI=1S/C14H15F2N3O3/c1-14(2,3)21-13(20)17-7-11-18-12(19-22-11)9-5-4-8(15)6-10(9)16/h4-6H,7H2,1-3H3,(H,17,20). The number of rotatable bonds is 3. The van der Waals surface area contributed by atoms with E-state index in [1.165, 1.54) is 6.07 Å². The van der Waals surface area contributed by atoms with E-state index in [9.17, 15) is 13.6 Å². The molecule has 0 atom stereocenters. The van der Waals surface area contributed by atoms with Crippen molar-refractivity contribution in [2.45, 2.75) is 32.9 Å². The molecule has 0 fully saturated rings. The van der Waals surface area contributed by atoms with E-state index in [-0.39, 0.29) is 23.8 Å². The number of alkyl carbamates (subject to hydrolysis) is 1. The van der Waals surface area contributed by atoms with Crippen LogP contribution in [0.2, 0.25) is 0 Å². The van der Waals surface area contributed by atoms with E-state index < -0.39 is 23.3 Å². The number of hydrogen-bond donors (Lipinski definition) is 1. The third-order valence-electron chi connectivity index (χ3n) is 2.42. The maximum Gasteiger partial charge on any atom is 0.408 e. The van der Waals surface area contributed by atoms with E-state index in [0.29, 0.717) is 0 Å². The van der Waals surface area contributed by atoms with Gasteiger partial charge in [-0.1, -0.05) is 5.16 Å². The largest absolute Gasteiger partial charge is 0.444 e. The molecule has 0 radical (unpaired) electrons. The van der Waals surface area contributed by atoms with Crippen LogP contribution in [-0.4, -0.2) is 21.8 Å². The van der Waals surface area contributed by atoms with Crippen molar-refractivity contribution < 1.29 is 22.8 Å². The number of ether oxygens (including phenoxy) is 1. The molecule has 0 aliphatic carbocycles. The maximum atomic E-state index is 13.6. The predicted molar refractivity (Wildman–Crippen MR) is 72.7 cm³/mol. The Morgan fingerprint density at radius 1 is 1.36 bits per heavy atom. The summed E-state index contributed by atoms with van der Waals surface area (Å²) < 4.78 is 36.4.